The van der Waals surface area contributed by atoms with Crippen molar-refractivity contribution < 1.29 is 19.0 Å². The van der Waals surface area contributed by atoms with Gasteiger partial charge in [0.15, 0.2) is 5.54 Å². The lowest BCUT2D eigenvalue weighted by atomic mass is 9.74. The summed E-state index contributed by atoms with van der Waals surface area (Å²) in [4.78, 5) is 15.0. The van der Waals surface area contributed by atoms with Gasteiger partial charge in [-0.3, -0.25) is 4.90 Å². The fraction of sp³-hybridized carbons (Fsp3) is 0.375. The second kappa shape index (κ2) is 7.56. The minimum Gasteiger partial charge on any atom is -0.433 e. The van der Waals surface area contributed by atoms with E-state index in [2.05, 4.69) is 19.1 Å². The topological polar surface area (TPSA) is 48.0 Å². The van der Waals surface area contributed by atoms with Crippen LogP contribution in [-0.2, 0) is 20.8 Å². The van der Waals surface area contributed by atoms with Gasteiger partial charge in [0.1, 0.15) is 0 Å². The zero-order valence-electron chi connectivity index (χ0n) is 17.1. The molecule has 0 aromatic heterocycles. The first kappa shape index (κ1) is 19.5. The fourth-order valence-corrected chi connectivity index (χ4v) is 4.52. The Kier molecular flexibility index (Phi) is 5.09. The highest BCUT2D eigenvalue weighted by molar-refractivity contribution is 5.73. The van der Waals surface area contributed by atoms with Gasteiger partial charge in [0, 0.05) is 12.3 Å². The summed E-state index contributed by atoms with van der Waals surface area (Å²) in [6, 6.07) is 20.1. The molecule has 2 aliphatic rings. The van der Waals surface area contributed by atoms with E-state index in [1.807, 2.05) is 68.5 Å². The molecule has 0 spiro atoms. The lowest BCUT2D eigenvalue weighted by Crippen LogP contribution is -2.64. The molecule has 4 rings (SSSR count). The number of hydrogen-bond acceptors (Lipinski definition) is 4. The lowest BCUT2D eigenvalue weighted by Gasteiger charge is -2.49. The number of benzene rings is 2. The van der Waals surface area contributed by atoms with E-state index in [9.17, 15) is 4.79 Å². The minimum absolute atomic E-state index is 0.0882. The first-order chi connectivity index (χ1) is 14.0. The number of carbonyl (C=O) groups excluding carboxylic acids is 1. The van der Waals surface area contributed by atoms with Crippen LogP contribution in [0.4, 0.5) is 4.79 Å². The van der Waals surface area contributed by atoms with Gasteiger partial charge in [-0.25, -0.2) is 4.79 Å². The van der Waals surface area contributed by atoms with Gasteiger partial charge in [0.2, 0.25) is 0 Å². The minimum atomic E-state index is -1.48. The number of hydrogen-bond donors (Lipinski definition) is 0. The summed E-state index contributed by atoms with van der Waals surface area (Å²) in [5, 5.41) is 0. The van der Waals surface area contributed by atoms with Crippen molar-refractivity contribution in [2.24, 2.45) is 0 Å². The Hall–Kier alpha value is -2.79. The first-order valence-electron chi connectivity index (χ1n) is 10.1. The standard InChI is InChI=1S/C24H27NO4/c1-4-27-24-23(16-15-18(2)28-24,19(3)21-13-9-6-10-14-21)25(22(26)29-24)17-20-11-7-5-8-12-20/h5-15,19H,4,16-17H2,1-3H3. The third kappa shape index (κ3) is 3.10. The van der Waals surface area contributed by atoms with Gasteiger partial charge in [-0.1, -0.05) is 67.6 Å². The average Bonchev–Trinajstić information content (AvgIpc) is 2.97. The van der Waals surface area contributed by atoms with Gasteiger partial charge in [0.25, 0.3) is 0 Å². The molecular formula is C24H27NO4. The van der Waals surface area contributed by atoms with E-state index in [4.69, 9.17) is 14.2 Å². The number of nitrogens with zero attached hydrogens (tertiary/aromatic N) is 1. The van der Waals surface area contributed by atoms with E-state index < -0.39 is 17.6 Å². The van der Waals surface area contributed by atoms with Crippen LogP contribution in [0.5, 0.6) is 0 Å². The van der Waals surface area contributed by atoms with Gasteiger partial charge >= 0.3 is 12.1 Å². The van der Waals surface area contributed by atoms with Crippen LogP contribution in [0.2, 0.25) is 0 Å². The maximum absolute atomic E-state index is 13.2. The molecule has 152 valence electrons. The molecule has 0 N–H and O–H groups in total. The smallest absolute Gasteiger partial charge is 0.416 e. The maximum Gasteiger partial charge on any atom is 0.416 e. The number of rotatable bonds is 6. The van der Waals surface area contributed by atoms with E-state index in [0.717, 1.165) is 11.1 Å². The molecule has 0 radical (unpaired) electrons. The Bertz CT molecular complexity index is 898. The molecule has 0 saturated carbocycles. The molecule has 5 nitrogen and oxygen atoms in total. The fourth-order valence-electron chi connectivity index (χ4n) is 4.52. The van der Waals surface area contributed by atoms with Crippen LogP contribution < -0.4 is 0 Å². The quantitative estimate of drug-likeness (QED) is 0.677. The second-order valence-corrected chi connectivity index (χ2v) is 7.61. The van der Waals surface area contributed by atoms with Crippen molar-refractivity contribution in [3.8, 4) is 0 Å². The monoisotopic (exact) mass is 393 g/mol. The Balaban J connectivity index is 1.86. The summed E-state index contributed by atoms with van der Waals surface area (Å²) in [6.07, 6.45) is 2.18. The van der Waals surface area contributed by atoms with Crippen LogP contribution in [0.25, 0.3) is 0 Å². The number of allylic oxidation sites excluding steroid dienone is 1. The highest BCUT2D eigenvalue weighted by Crippen LogP contribution is 2.55. The van der Waals surface area contributed by atoms with Gasteiger partial charge in [0.05, 0.1) is 18.9 Å². The maximum atomic E-state index is 13.2. The van der Waals surface area contributed by atoms with Gasteiger partial charge in [-0.2, -0.15) is 0 Å². The van der Waals surface area contributed by atoms with Crippen molar-refractivity contribution in [2.75, 3.05) is 6.61 Å². The zero-order chi connectivity index (χ0) is 20.5. The molecule has 5 heteroatoms. The SMILES string of the molecule is CCOC12OC(=O)N(Cc3ccccc3)C1(C(C)c1ccccc1)CC=C(C)O2. The molecule has 3 unspecified atom stereocenters. The number of carbonyl (C=O) groups is 1. The lowest BCUT2D eigenvalue weighted by molar-refractivity contribution is -0.368. The summed E-state index contributed by atoms with van der Waals surface area (Å²) in [5.74, 6) is -0.875. The van der Waals surface area contributed by atoms with Crippen molar-refractivity contribution in [1.29, 1.82) is 0 Å². The van der Waals surface area contributed by atoms with Gasteiger partial charge < -0.3 is 14.2 Å². The van der Waals surface area contributed by atoms with Crippen molar-refractivity contribution in [3.63, 3.8) is 0 Å². The average molecular weight is 393 g/mol. The Morgan fingerprint density at radius 3 is 2.38 bits per heavy atom. The summed E-state index contributed by atoms with van der Waals surface area (Å²) >= 11 is 0. The molecule has 1 saturated heterocycles. The van der Waals surface area contributed by atoms with Crippen molar-refractivity contribution in [3.05, 3.63) is 83.6 Å². The largest absolute Gasteiger partial charge is 0.433 e. The number of amides is 1. The predicted molar refractivity (Wildman–Crippen MR) is 110 cm³/mol. The Morgan fingerprint density at radius 1 is 1.07 bits per heavy atom. The highest BCUT2D eigenvalue weighted by atomic mass is 16.9. The van der Waals surface area contributed by atoms with Crippen LogP contribution in [-0.4, -0.2) is 29.1 Å². The molecule has 0 bridgehead atoms. The van der Waals surface area contributed by atoms with E-state index in [0.29, 0.717) is 25.3 Å². The van der Waals surface area contributed by atoms with Gasteiger partial charge in [-0.15, -0.1) is 0 Å². The molecule has 2 aromatic rings. The summed E-state index contributed by atoms with van der Waals surface area (Å²) in [5.41, 5.74) is 1.30. The molecule has 3 atom stereocenters. The van der Waals surface area contributed by atoms with Crippen molar-refractivity contribution in [2.45, 2.75) is 51.2 Å². The molecular weight excluding hydrogens is 366 g/mol. The highest BCUT2D eigenvalue weighted by Gasteiger charge is 2.72. The summed E-state index contributed by atoms with van der Waals surface area (Å²) in [7, 11) is 0. The van der Waals surface area contributed by atoms with E-state index >= 15 is 0 Å². The van der Waals surface area contributed by atoms with Crippen molar-refractivity contribution >= 4 is 6.09 Å². The molecule has 2 aliphatic heterocycles. The summed E-state index contributed by atoms with van der Waals surface area (Å²) < 4.78 is 18.2. The molecule has 0 aliphatic carbocycles. The summed E-state index contributed by atoms with van der Waals surface area (Å²) in [6.45, 7) is 6.65. The zero-order valence-corrected chi connectivity index (χ0v) is 17.1. The van der Waals surface area contributed by atoms with Crippen LogP contribution in [0, 0.1) is 0 Å². The third-order valence-corrected chi connectivity index (χ3v) is 5.98. The second-order valence-electron chi connectivity index (χ2n) is 7.61. The Morgan fingerprint density at radius 2 is 1.72 bits per heavy atom. The van der Waals surface area contributed by atoms with Crippen molar-refractivity contribution in [1.82, 2.24) is 4.90 Å². The molecule has 29 heavy (non-hydrogen) atoms. The Labute approximate surface area is 171 Å². The molecule has 2 aromatic carbocycles. The predicted octanol–water partition coefficient (Wildman–Crippen LogP) is 5.20. The third-order valence-electron chi connectivity index (χ3n) is 5.98. The van der Waals surface area contributed by atoms with Crippen LogP contribution >= 0.6 is 0 Å². The van der Waals surface area contributed by atoms with E-state index in [1.54, 1.807) is 4.90 Å². The first-order valence-corrected chi connectivity index (χ1v) is 10.1. The van der Waals surface area contributed by atoms with Crippen LogP contribution in [0.3, 0.4) is 0 Å². The van der Waals surface area contributed by atoms with Crippen LogP contribution in [0.1, 0.15) is 44.2 Å². The molecule has 1 fully saturated rings. The van der Waals surface area contributed by atoms with Gasteiger partial charge in [-0.05, 0) is 31.1 Å². The van der Waals surface area contributed by atoms with E-state index in [-0.39, 0.29) is 5.92 Å². The number of fused-ring (bicyclic) bond motifs is 1. The normalized spacial score (nSPS) is 26.9. The molecule has 1 amide bonds. The number of ether oxygens (including phenoxy) is 3. The van der Waals surface area contributed by atoms with E-state index in [1.165, 1.54) is 0 Å². The van der Waals surface area contributed by atoms with Crippen LogP contribution in [0.15, 0.2) is 72.5 Å². The molecule has 2 heterocycles.